The number of benzene rings is 1. The van der Waals surface area contributed by atoms with E-state index in [4.69, 9.17) is 10.8 Å². The van der Waals surface area contributed by atoms with Crippen LogP contribution in [0.4, 0.5) is 0 Å². The fraction of sp³-hybridized carbons (Fsp3) is 0.441. The molecule has 5 N–H and O–H groups in total. The number of H-pyrrole nitrogens is 2. The lowest BCUT2D eigenvalue weighted by Crippen LogP contribution is -2.26. The van der Waals surface area contributed by atoms with E-state index in [0.717, 1.165) is 30.4 Å². The van der Waals surface area contributed by atoms with Crippen molar-refractivity contribution in [2.24, 2.45) is 17.8 Å². The molecule has 4 atom stereocenters. The SMILES string of the molecule is C=CCc1ccc(C)cc1C1CCC1C/C(=C/C(=N)C(C)=C(C)C(C)/C(C=N)=C\c1[nH]c(=O)[nH]c1O)C(C)CC. The topological polar surface area (TPSA) is 117 Å². The number of aromatic nitrogens is 2. The van der Waals surface area contributed by atoms with Crippen molar-refractivity contribution in [1.82, 2.24) is 9.97 Å². The third kappa shape index (κ3) is 7.09. The van der Waals surface area contributed by atoms with Crippen LogP contribution in [0.15, 0.2) is 64.0 Å². The molecule has 1 aliphatic carbocycles. The molecule has 6 nitrogen and oxygen atoms in total. The molecule has 214 valence electrons. The molecule has 1 saturated carbocycles. The molecule has 4 unspecified atom stereocenters. The molecule has 1 heterocycles. The summed E-state index contributed by atoms with van der Waals surface area (Å²) in [5, 5.41) is 26.9. The Bertz CT molecular complexity index is 1400. The van der Waals surface area contributed by atoms with E-state index >= 15 is 0 Å². The normalized spacial score (nSPS) is 19.9. The molecular formula is C34H46N4O2. The first-order chi connectivity index (χ1) is 19.0. The van der Waals surface area contributed by atoms with Crippen LogP contribution in [-0.2, 0) is 6.42 Å². The second kappa shape index (κ2) is 13.6. The maximum absolute atomic E-state index is 11.5. The van der Waals surface area contributed by atoms with Crippen molar-refractivity contribution in [3.05, 3.63) is 92.1 Å². The Hall–Kier alpha value is -3.67. The van der Waals surface area contributed by atoms with Crippen molar-refractivity contribution >= 4 is 18.0 Å². The number of hydrogen-bond acceptors (Lipinski definition) is 4. The number of nitrogens with one attached hydrogen (secondary N) is 4. The summed E-state index contributed by atoms with van der Waals surface area (Å²) in [4.78, 5) is 16.4. The molecule has 0 amide bonds. The number of imidazole rings is 1. The van der Waals surface area contributed by atoms with Gasteiger partial charge in [-0.3, -0.25) is 4.98 Å². The highest BCUT2D eigenvalue weighted by Crippen LogP contribution is 2.48. The van der Waals surface area contributed by atoms with Crippen LogP contribution in [0.2, 0.25) is 0 Å². The summed E-state index contributed by atoms with van der Waals surface area (Å²) in [5.74, 6) is 1.09. The van der Waals surface area contributed by atoms with Crippen LogP contribution in [0.25, 0.3) is 6.08 Å². The van der Waals surface area contributed by atoms with E-state index < -0.39 is 5.69 Å². The fourth-order valence-corrected chi connectivity index (χ4v) is 5.62. The molecule has 0 spiro atoms. The van der Waals surface area contributed by atoms with Gasteiger partial charge >= 0.3 is 5.69 Å². The molecule has 0 radical (unpaired) electrons. The largest absolute Gasteiger partial charge is 0.493 e. The van der Waals surface area contributed by atoms with Gasteiger partial charge in [-0.25, -0.2) is 4.79 Å². The summed E-state index contributed by atoms with van der Waals surface area (Å²) in [5.41, 5.74) is 8.22. The van der Waals surface area contributed by atoms with E-state index in [9.17, 15) is 9.90 Å². The molecule has 2 aromatic rings. The van der Waals surface area contributed by atoms with Crippen LogP contribution in [0, 0.1) is 35.5 Å². The molecule has 6 heteroatoms. The van der Waals surface area contributed by atoms with E-state index in [1.165, 1.54) is 41.3 Å². The first kappa shape index (κ1) is 30.9. The molecule has 1 aliphatic rings. The first-order valence-electron chi connectivity index (χ1n) is 14.4. The van der Waals surface area contributed by atoms with Gasteiger partial charge in [-0.05, 0) is 105 Å². The standard InChI is InChI=1S/C34H46N4O2/c1-8-10-25-12-11-20(3)15-30(25)29-14-13-26(29)16-27(21(4)9-2)17-31(36)24(7)22(5)23(6)28(19-35)18-32-33(39)38-34(40)37-32/h8,11-12,15,17-19,21,23,26,29,35-36,39H,1,9-10,13-14,16H2,2-7H3,(H2,37,38,40)/b24-22?,27-17-,28-18-,35-19?,36-31?. The minimum absolute atomic E-state index is 0.170. The summed E-state index contributed by atoms with van der Waals surface area (Å²) >= 11 is 0. The Morgan fingerprint density at radius 1 is 1.23 bits per heavy atom. The van der Waals surface area contributed by atoms with Gasteiger partial charge in [0, 0.05) is 12.1 Å². The van der Waals surface area contributed by atoms with Crippen molar-refractivity contribution in [3.8, 4) is 5.88 Å². The van der Waals surface area contributed by atoms with Crippen LogP contribution < -0.4 is 5.69 Å². The lowest BCUT2D eigenvalue weighted by atomic mass is 9.65. The average molecular weight is 543 g/mol. The van der Waals surface area contributed by atoms with Crippen molar-refractivity contribution in [1.29, 1.82) is 10.8 Å². The van der Waals surface area contributed by atoms with E-state index in [-0.39, 0.29) is 17.5 Å². The summed E-state index contributed by atoms with van der Waals surface area (Å²) in [6, 6.07) is 6.81. The first-order valence-corrected chi connectivity index (χ1v) is 14.4. The number of allylic oxidation sites excluding steroid dienone is 6. The molecule has 40 heavy (non-hydrogen) atoms. The molecule has 1 aromatic carbocycles. The Kier molecular flexibility index (Phi) is 10.5. The highest BCUT2D eigenvalue weighted by molar-refractivity contribution is 6.07. The van der Waals surface area contributed by atoms with Crippen LogP contribution in [0.1, 0.15) is 88.6 Å². The van der Waals surface area contributed by atoms with Gasteiger partial charge in [-0.2, -0.15) is 0 Å². The summed E-state index contributed by atoms with van der Waals surface area (Å²) in [6.07, 6.45) is 12.2. The third-order valence-corrected chi connectivity index (χ3v) is 8.91. The summed E-state index contributed by atoms with van der Waals surface area (Å²) in [7, 11) is 0. The maximum Gasteiger partial charge on any atom is 0.326 e. The van der Waals surface area contributed by atoms with E-state index in [1.807, 2.05) is 26.8 Å². The number of aromatic amines is 2. The highest BCUT2D eigenvalue weighted by Gasteiger charge is 2.34. The summed E-state index contributed by atoms with van der Waals surface area (Å²) < 4.78 is 0. The van der Waals surface area contributed by atoms with Crippen LogP contribution in [0.5, 0.6) is 5.88 Å². The maximum atomic E-state index is 11.5. The zero-order chi connectivity index (χ0) is 29.6. The van der Waals surface area contributed by atoms with Gasteiger partial charge in [-0.15, -0.1) is 6.58 Å². The Labute approximate surface area is 239 Å². The fourth-order valence-electron chi connectivity index (χ4n) is 5.62. The van der Waals surface area contributed by atoms with Gasteiger partial charge in [-0.1, -0.05) is 61.8 Å². The molecule has 0 bridgehead atoms. The molecule has 3 rings (SSSR count). The van der Waals surface area contributed by atoms with Gasteiger partial charge in [0.15, 0.2) is 0 Å². The van der Waals surface area contributed by atoms with Gasteiger partial charge in [0.25, 0.3) is 0 Å². The van der Waals surface area contributed by atoms with Crippen molar-refractivity contribution in [3.63, 3.8) is 0 Å². The molecule has 1 fully saturated rings. The lowest BCUT2D eigenvalue weighted by Gasteiger charge is -2.40. The van der Waals surface area contributed by atoms with Gasteiger partial charge in [0.2, 0.25) is 5.88 Å². The Balaban J connectivity index is 1.86. The Morgan fingerprint density at radius 3 is 2.50 bits per heavy atom. The Morgan fingerprint density at radius 2 is 1.95 bits per heavy atom. The zero-order valence-corrected chi connectivity index (χ0v) is 24.9. The number of aryl methyl sites for hydroxylation is 1. The van der Waals surface area contributed by atoms with Crippen LogP contribution >= 0.6 is 0 Å². The number of aromatic hydroxyl groups is 1. The van der Waals surface area contributed by atoms with Crippen molar-refractivity contribution in [2.75, 3.05) is 0 Å². The predicted molar refractivity (Wildman–Crippen MR) is 168 cm³/mol. The summed E-state index contributed by atoms with van der Waals surface area (Å²) in [6.45, 7) is 16.5. The quantitative estimate of drug-likeness (QED) is 0.130. The number of hydrogen-bond donors (Lipinski definition) is 5. The number of rotatable bonds is 13. The van der Waals surface area contributed by atoms with Gasteiger partial charge in [0.1, 0.15) is 5.69 Å². The second-order valence-electron chi connectivity index (χ2n) is 11.4. The molecule has 0 aliphatic heterocycles. The monoisotopic (exact) mass is 542 g/mol. The zero-order valence-electron chi connectivity index (χ0n) is 24.9. The van der Waals surface area contributed by atoms with Gasteiger partial charge in [0.05, 0.1) is 5.71 Å². The highest BCUT2D eigenvalue weighted by atomic mass is 16.3. The van der Waals surface area contributed by atoms with Crippen LogP contribution in [-0.4, -0.2) is 27.0 Å². The molecule has 0 saturated heterocycles. The minimum Gasteiger partial charge on any atom is -0.493 e. The van der Waals surface area contributed by atoms with Crippen LogP contribution in [0.3, 0.4) is 0 Å². The molecule has 1 aromatic heterocycles. The average Bonchev–Trinajstić information content (AvgIpc) is 3.24. The predicted octanol–water partition coefficient (Wildman–Crippen LogP) is 8.03. The molecular weight excluding hydrogens is 496 g/mol. The van der Waals surface area contributed by atoms with E-state index in [0.29, 0.717) is 29.0 Å². The van der Waals surface area contributed by atoms with Crippen molar-refractivity contribution in [2.45, 2.75) is 79.6 Å². The van der Waals surface area contributed by atoms with E-state index in [2.05, 4.69) is 61.6 Å². The minimum atomic E-state index is -0.498. The second-order valence-corrected chi connectivity index (χ2v) is 11.4. The van der Waals surface area contributed by atoms with Crippen molar-refractivity contribution < 1.29 is 5.11 Å². The lowest BCUT2D eigenvalue weighted by molar-refractivity contribution is 0.246. The van der Waals surface area contributed by atoms with Gasteiger partial charge < -0.3 is 20.9 Å². The third-order valence-electron chi connectivity index (χ3n) is 8.91. The van der Waals surface area contributed by atoms with E-state index in [1.54, 1.807) is 6.08 Å². The smallest absolute Gasteiger partial charge is 0.326 e.